The number of nitrogens with zero attached hydrogens (tertiary/aromatic N) is 7. The second kappa shape index (κ2) is 16.3. The zero-order valence-corrected chi connectivity index (χ0v) is 32.4. The lowest BCUT2D eigenvalue weighted by Gasteiger charge is -2.24. The molecule has 0 spiro atoms. The van der Waals surface area contributed by atoms with Crippen molar-refractivity contribution in [3.05, 3.63) is 116 Å². The zero-order chi connectivity index (χ0) is 40.2. The fourth-order valence-electron chi connectivity index (χ4n) is 5.82. The van der Waals surface area contributed by atoms with Crippen molar-refractivity contribution in [2.24, 2.45) is 0 Å². The number of nitriles is 1. The van der Waals surface area contributed by atoms with Crippen LogP contribution in [-0.2, 0) is 11.3 Å². The molecule has 0 fully saturated rings. The summed E-state index contributed by atoms with van der Waals surface area (Å²) in [6.45, 7) is 9.10. The number of carboxylic acids is 1. The van der Waals surface area contributed by atoms with Gasteiger partial charge in [-0.25, -0.2) is 24.2 Å². The minimum atomic E-state index is -1.35. The molecule has 0 aliphatic carbocycles. The number of amides is 1. The summed E-state index contributed by atoms with van der Waals surface area (Å²) < 4.78 is 19.2. The first-order valence-electron chi connectivity index (χ1n) is 17.1. The molecule has 0 saturated heterocycles. The molecule has 0 radical (unpaired) electrons. The predicted octanol–water partition coefficient (Wildman–Crippen LogP) is 6.81. The van der Waals surface area contributed by atoms with E-state index in [9.17, 15) is 24.8 Å². The van der Waals surface area contributed by atoms with Crippen molar-refractivity contribution < 1.29 is 28.9 Å². The molecule has 1 atom stereocenters. The first kappa shape index (κ1) is 39.8. The molecule has 286 valence electrons. The van der Waals surface area contributed by atoms with Gasteiger partial charge in [-0.3, -0.25) is 4.79 Å². The van der Waals surface area contributed by atoms with Gasteiger partial charge >= 0.3 is 12.1 Å². The Balaban J connectivity index is 1.69. The monoisotopic (exact) mass is 768 g/mol. The fourth-order valence-corrected chi connectivity index (χ4v) is 6.05. The second-order valence-corrected chi connectivity index (χ2v) is 14.2. The molecule has 0 saturated carbocycles. The van der Waals surface area contributed by atoms with E-state index in [-0.39, 0.29) is 51.9 Å². The van der Waals surface area contributed by atoms with E-state index in [4.69, 9.17) is 25.8 Å². The average Bonchev–Trinajstić information content (AvgIpc) is 3.55. The van der Waals surface area contributed by atoms with Crippen molar-refractivity contribution in [1.82, 2.24) is 24.3 Å². The maximum atomic E-state index is 14.1. The lowest BCUT2D eigenvalue weighted by Crippen LogP contribution is -2.35. The molecule has 3 heterocycles. The quantitative estimate of drug-likeness (QED) is 0.135. The third-order valence-electron chi connectivity index (χ3n) is 8.35. The van der Waals surface area contributed by atoms with Crippen LogP contribution in [0.4, 0.5) is 16.4 Å². The van der Waals surface area contributed by atoms with Crippen LogP contribution in [0.5, 0.6) is 11.6 Å². The van der Waals surface area contributed by atoms with Crippen molar-refractivity contribution in [2.75, 3.05) is 31.5 Å². The minimum absolute atomic E-state index is 0.00700. The van der Waals surface area contributed by atoms with E-state index >= 15 is 0 Å². The molecule has 0 aliphatic rings. The summed E-state index contributed by atoms with van der Waals surface area (Å²) in [5.74, 6) is -1.10. The maximum absolute atomic E-state index is 14.1. The van der Waals surface area contributed by atoms with Gasteiger partial charge in [0.05, 0.1) is 55.4 Å². The standard InChI is InChI=1S/C39H41ClN8O7/c1-22(2)33-30(32(36(50)51)45-48(33)29-19-42-37(44-34(29)54-8)46(6)38(52)55-39(3,4)5)31(25-13-9-23(18-41)10-14-25)43-28-17-26(40)21-47(35(28)49)20-24-11-15-27(53-7)16-12-24/h9-17,19,21-22,31,43H,20H2,1-8H3,(H,50,51). The molecule has 16 heteroatoms. The number of aromatic nitrogens is 5. The number of anilines is 2. The van der Waals surface area contributed by atoms with Gasteiger partial charge in [-0.05, 0) is 68.1 Å². The number of halogens is 1. The number of benzene rings is 2. The number of rotatable bonds is 12. The summed E-state index contributed by atoms with van der Waals surface area (Å²) in [5.41, 5.74) is 1.13. The van der Waals surface area contributed by atoms with Crippen molar-refractivity contribution >= 4 is 35.3 Å². The molecule has 15 nitrogen and oxygen atoms in total. The van der Waals surface area contributed by atoms with Gasteiger partial charge in [0.25, 0.3) is 5.56 Å². The highest BCUT2D eigenvalue weighted by atomic mass is 35.5. The van der Waals surface area contributed by atoms with E-state index in [1.54, 1.807) is 64.3 Å². The molecule has 55 heavy (non-hydrogen) atoms. The number of carbonyl (C=O) groups is 2. The van der Waals surface area contributed by atoms with Crippen molar-refractivity contribution in [3.63, 3.8) is 0 Å². The average molecular weight is 769 g/mol. The maximum Gasteiger partial charge on any atom is 0.416 e. The van der Waals surface area contributed by atoms with Crippen LogP contribution in [0.3, 0.4) is 0 Å². The van der Waals surface area contributed by atoms with Gasteiger partial charge in [-0.15, -0.1) is 0 Å². The highest BCUT2D eigenvalue weighted by Crippen LogP contribution is 2.38. The van der Waals surface area contributed by atoms with Gasteiger partial charge in [-0.1, -0.05) is 49.7 Å². The van der Waals surface area contributed by atoms with Gasteiger partial charge in [0, 0.05) is 18.8 Å². The van der Waals surface area contributed by atoms with Crippen LogP contribution in [0.2, 0.25) is 5.02 Å². The number of carbonyl (C=O) groups excluding carboxylic acids is 1. The predicted molar refractivity (Wildman–Crippen MR) is 206 cm³/mol. The summed E-state index contributed by atoms with van der Waals surface area (Å²) in [6, 6.07) is 16.4. The van der Waals surface area contributed by atoms with Crippen LogP contribution in [0.25, 0.3) is 5.69 Å². The number of hydrogen-bond acceptors (Lipinski definition) is 11. The molecule has 2 aromatic carbocycles. The van der Waals surface area contributed by atoms with Crippen molar-refractivity contribution in [2.45, 2.75) is 58.7 Å². The molecular weight excluding hydrogens is 728 g/mol. The number of pyridine rings is 1. The highest BCUT2D eigenvalue weighted by molar-refractivity contribution is 6.30. The lowest BCUT2D eigenvalue weighted by molar-refractivity contribution is 0.0586. The molecule has 1 unspecified atom stereocenters. The lowest BCUT2D eigenvalue weighted by atomic mass is 9.91. The highest BCUT2D eigenvalue weighted by Gasteiger charge is 2.34. The molecule has 2 N–H and O–H groups in total. The molecule has 0 aliphatic heterocycles. The number of methoxy groups -OCH3 is 2. The van der Waals surface area contributed by atoms with Crippen LogP contribution in [0, 0.1) is 11.3 Å². The molecule has 1 amide bonds. The van der Waals surface area contributed by atoms with Gasteiger partial charge in [0.1, 0.15) is 22.7 Å². The Morgan fingerprint density at radius 3 is 2.31 bits per heavy atom. The van der Waals surface area contributed by atoms with E-state index in [2.05, 4.69) is 26.5 Å². The van der Waals surface area contributed by atoms with Crippen LogP contribution in [-0.4, -0.2) is 68.4 Å². The van der Waals surface area contributed by atoms with Crippen molar-refractivity contribution in [3.8, 4) is 23.4 Å². The second-order valence-electron chi connectivity index (χ2n) is 13.8. The van der Waals surface area contributed by atoms with E-state index < -0.39 is 29.3 Å². The number of ether oxygens (including phenoxy) is 3. The molecule has 5 aromatic rings. The summed E-state index contributed by atoms with van der Waals surface area (Å²) >= 11 is 6.59. The van der Waals surface area contributed by atoms with Crippen LogP contribution in [0.1, 0.15) is 85.0 Å². The molecular formula is C39H41ClN8O7. The number of nitrogens with one attached hydrogen (secondary N) is 1. The summed E-state index contributed by atoms with van der Waals surface area (Å²) in [7, 11) is 4.39. The topological polar surface area (TPSA) is 187 Å². The Morgan fingerprint density at radius 1 is 1.07 bits per heavy atom. The summed E-state index contributed by atoms with van der Waals surface area (Å²) in [6.07, 6.45) is 2.20. The van der Waals surface area contributed by atoms with Gasteiger partial charge in [0.2, 0.25) is 11.8 Å². The molecule has 5 rings (SSSR count). The fraction of sp³-hybridized carbons (Fsp3) is 0.308. The largest absolute Gasteiger partial charge is 0.497 e. The van der Waals surface area contributed by atoms with Gasteiger partial charge in [0.15, 0.2) is 5.69 Å². The third-order valence-corrected chi connectivity index (χ3v) is 8.55. The van der Waals surface area contributed by atoms with Crippen molar-refractivity contribution in [1.29, 1.82) is 5.26 Å². The van der Waals surface area contributed by atoms with Crippen LogP contribution >= 0.6 is 11.6 Å². The first-order valence-corrected chi connectivity index (χ1v) is 17.5. The van der Waals surface area contributed by atoms with Gasteiger partial charge < -0.3 is 29.2 Å². The Labute approximate surface area is 322 Å². The number of hydrogen-bond donors (Lipinski definition) is 2. The summed E-state index contributed by atoms with van der Waals surface area (Å²) in [5, 5.41) is 28.3. The van der Waals surface area contributed by atoms with E-state index in [1.165, 1.54) is 41.9 Å². The first-order chi connectivity index (χ1) is 26.0. The number of carboxylic acid groups (broad SMARTS) is 1. The van der Waals surface area contributed by atoms with E-state index in [0.29, 0.717) is 22.6 Å². The third kappa shape index (κ3) is 8.88. The normalized spacial score (nSPS) is 11.8. The Hall–Kier alpha value is -6.40. The van der Waals surface area contributed by atoms with Gasteiger partial charge in [-0.2, -0.15) is 15.3 Å². The van der Waals surface area contributed by atoms with Crippen LogP contribution < -0.4 is 25.2 Å². The Kier molecular flexibility index (Phi) is 11.8. The Bertz CT molecular complexity index is 2310. The summed E-state index contributed by atoms with van der Waals surface area (Å²) in [4.78, 5) is 49.9. The molecule has 0 bridgehead atoms. The SMILES string of the molecule is COc1ccc(Cn2cc(Cl)cc(NC(c3ccc(C#N)cc3)c3c(C(=O)O)nn(-c4cnc(N(C)C(=O)OC(C)(C)C)nc4OC)c3C(C)C)c2=O)cc1. The van der Waals surface area contributed by atoms with Crippen LogP contribution in [0.15, 0.2) is 71.8 Å². The Morgan fingerprint density at radius 2 is 1.75 bits per heavy atom. The number of aromatic carboxylic acids is 1. The van der Waals surface area contributed by atoms with E-state index in [0.717, 1.165) is 10.5 Å². The minimum Gasteiger partial charge on any atom is -0.497 e. The zero-order valence-electron chi connectivity index (χ0n) is 31.6. The smallest absolute Gasteiger partial charge is 0.416 e. The molecule has 3 aromatic heterocycles. The van der Waals surface area contributed by atoms with E-state index in [1.807, 2.05) is 26.0 Å².